The van der Waals surface area contributed by atoms with Gasteiger partial charge in [-0.15, -0.1) is 0 Å². The van der Waals surface area contributed by atoms with Gasteiger partial charge < -0.3 is 20.3 Å². The van der Waals surface area contributed by atoms with Crippen molar-refractivity contribution in [3.63, 3.8) is 0 Å². The molecule has 2 aliphatic heterocycles. The zero-order chi connectivity index (χ0) is 24.8. The van der Waals surface area contributed by atoms with Crippen LogP contribution in [0.2, 0.25) is 0 Å². The van der Waals surface area contributed by atoms with E-state index in [1.54, 1.807) is 12.3 Å². The smallest absolute Gasteiger partial charge is 0.306 e. The van der Waals surface area contributed by atoms with Crippen molar-refractivity contribution in [1.82, 2.24) is 14.9 Å². The summed E-state index contributed by atoms with van der Waals surface area (Å²) in [4.78, 5) is 38.5. The van der Waals surface area contributed by atoms with E-state index in [0.29, 0.717) is 43.5 Å². The molecule has 1 unspecified atom stereocenters. The Morgan fingerprint density at radius 1 is 1.19 bits per heavy atom. The van der Waals surface area contributed by atoms with Gasteiger partial charge in [-0.3, -0.25) is 14.6 Å². The molecule has 2 aromatic rings. The molecule has 36 heavy (non-hydrogen) atoms. The molecule has 0 radical (unpaired) electrons. The van der Waals surface area contributed by atoms with Crippen molar-refractivity contribution in [3.05, 3.63) is 42.4 Å². The number of nitrogens with two attached hydrogens (primary N) is 1. The molecule has 8 nitrogen and oxygen atoms in total. The Kier molecular flexibility index (Phi) is 5.90. The Labute approximate surface area is 211 Å². The number of aromatic nitrogens is 2. The van der Waals surface area contributed by atoms with Crippen molar-refractivity contribution in [3.8, 4) is 11.1 Å². The third kappa shape index (κ3) is 4.56. The quantitative estimate of drug-likeness (QED) is 0.593. The topological polar surface area (TPSA) is 102 Å². The largest absolute Gasteiger partial charge is 0.462 e. The first-order valence-electron chi connectivity index (χ1n) is 13.1. The van der Waals surface area contributed by atoms with Crippen molar-refractivity contribution in [2.24, 2.45) is 5.92 Å². The fourth-order valence-corrected chi connectivity index (χ4v) is 5.65. The van der Waals surface area contributed by atoms with Crippen LogP contribution in [0.25, 0.3) is 17.2 Å². The molecule has 0 aromatic carbocycles. The van der Waals surface area contributed by atoms with Crippen LogP contribution in [0.3, 0.4) is 0 Å². The number of hydrogen-bond donors (Lipinski definition) is 1. The van der Waals surface area contributed by atoms with Gasteiger partial charge in [0.2, 0.25) is 5.91 Å². The Morgan fingerprint density at radius 3 is 2.72 bits per heavy atom. The van der Waals surface area contributed by atoms with Gasteiger partial charge in [-0.05, 0) is 67.9 Å². The van der Waals surface area contributed by atoms with E-state index in [2.05, 4.69) is 22.5 Å². The summed E-state index contributed by atoms with van der Waals surface area (Å²) < 4.78 is 5.31. The van der Waals surface area contributed by atoms with Gasteiger partial charge in [0.1, 0.15) is 6.10 Å². The number of amides is 1. The first-order chi connectivity index (χ1) is 17.5. The van der Waals surface area contributed by atoms with Gasteiger partial charge in [0.15, 0.2) is 5.82 Å². The van der Waals surface area contributed by atoms with Crippen LogP contribution in [0, 0.1) is 5.92 Å². The molecule has 2 saturated heterocycles. The SMILES string of the molecule is C=Cc1cc(-c2cc(N)c(N3CCN(C(=O)CC4CCC(=O)O4)[C@H](C4CC4)C3)nc2C2CC2)ccn1. The zero-order valence-electron chi connectivity index (χ0n) is 20.6. The molecule has 2 aromatic heterocycles. The predicted molar refractivity (Wildman–Crippen MR) is 138 cm³/mol. The minimum absolute atomic E-state index is 0.0944. The Morgan fingerprint density at radius 2 is 2.03 bits per heavy atom. The van der Waals surface area contributed by atoms with Gasteiger partial charge in [0, 0.05) is 43.7 Å². The van der Waals surface area contributed by atoms with E-state index >= 15 is 0 Å². The highest BCUT2D eigenvalue weighted by molar-refractivity contribution is 5.80. The van der Waals surface area contributed by atoms with E-state index in [0.717, 1.165) is 60.6 Å². The minimum Gasteiger partial charge on any atom is -0.462 e. The van der Waals surface area contributed by atoms with Gasteiger partial charge in [0.25, 0.3) is 0 Å². The first-order valence-corrected chi connectivity index (χ1v) is 13.1. The van der Waals surface area contributed by atoms with Crippen LogP contribution in [-0.4, -0.2) is 58.5 Å². The molecule has 1 amide bonds. The number of rotatable bonds is 7. The van der Waals surface area contributed by atoms with Crippen molar-refractivity contribution < 1.29 is 14.3 Å². The number of nitrogen functional groups attached to an aromatic ring is 1. The highest BCUT2D eigenvalue weighted by atomic mass is 16.5. The Hall–Kier alpha value is -3.42. The summed E-state index contributed by atoms with van der Waals surface area (Å²) in [6.07, 6.45) is 9.18. The van der Waals surface area contributed by atoms with Crippen molar-refractivity contribution >= 4 is 29.5 Å². The molecule has 4 heterocycles. The Balaban J connectivity index is 1.24. The number of hydrogen-bond acceptors (Lipinski definition) is 7. The summed E-state index contributed by atoms with van der Waals surface area (Å²) >= 11 is 0. The second-order valence-corrected chi connectivity index (χ2v) is 10.6. The molecule has 6 rings (SSSR count). The predicted octanol–water partition coefficient (Wildman–Crippen LogP) is 3.77. The van der Waals surface area contributed by atoms with Crippen LogP contribution in [0.4, 0.5) is 11.5 Å². The summed E-state index contributed by atoms with van der Waals surface area (Å²) in [5.41, 5.74) is 11.4. The summed E-state index contributed by atoms with van der Waals surface area (Å²) in [5, 5.41) is 0. The van der Waals surface area contributed by atoms with Gasteiger partial charge in [0.05, 0.1) is 29.5 Å². The summed E-state index contributed by atoms with van der Waals surface area (Å²) in [7, 11) is 0. The van der Waals surface area contributed by atoms with E-state index in [-0.39, 0.29) is 30.4 Å². The molecular weight excluding hydrogens is 454 g/mol. The number of ether oxygens (including phenoxy) is 1. The lowest BCUT2D eigenvalue weighted by Gasteiger charge is -2.43. The Bertz CT molecular complexity index is 1210. The average molecular weight is 488 g/mol. The standard InChI is InChI=1S/C28H33N5O3/c1-2-20-13-19(9-10-30-20)22-15-23(29)28(31-27(22)18-5-6-18)32-11-12-33(24(16-32)17-3-4-17)25(34)14-21-7-8-26(35)36-21/h2,9-10,13,15,17-18,21,24H,1,3-8,11-12,14,16,29H2/t21?,24-/m0/s1. The highest BCUT2D eigenvalue weighted by Crippen LogP contribution is 2.46. The fraction of sp³-hybridized carbons (Fsp3) is 0.500. The number of esters is 1. The maximum Gasteiger partial charge on any atom is 0.306 e. The third-order valence-corrected chi connectivity index (χ3v) is 7.90. The fourth-order valence-electron chi connectivity index (χ4n) is 5.65. The van der Waals surface area contributed by atoms with Crippen LogP contribution in [0.15, 0.2) is 31.0 Å². The zero-order valence-corrected chi connectivity index (χ0v) is 20.6. The molecule has 2 atom stereocenters. The monoisotopic (exact) mass is 487 g/mol. The lowest BCUT2D eigenvalue weighted by molar-refractivity contribution is -0.144. The number of carbonyl (C=O) groups excluding carboxylic acids is 2. The third-order valence-electron chi connectivity index (χ3n) is 7.90. The van der Waals surface area contributed by atoms with Gasteiger partial charge in [-0.2, -0.15) is 0 Å². The van der Waals surface area contributed by atoms with Gasteiger partial charge in [-0.25, -0.2) is 4.98 Å². The highest BCUT2D eigenvalue weighted by Gasteiger charge is 2.42. The lowest BCUT2D eigenvalue weighted by Crippen LogP contribution is -2.57. The van der Waals surface area contributed by atoms with E-state index < -0.39 is 0 Å². The summed E-state index contributed by atoms with van der Waals surface area (Å²) in [5.74, 6) is 1.70. The molecule has 2 aliphatic carbocycles. The number of anilines is 2. The summed E-state index contributed by atoms with van der Waals surface area (Å²) in [6.45, 7) is 5.90. The van der Waals surface area contributed by atoms with E-state index in [9.17, 15) is 9.59 Å². The van der Waals surface area contributed by atoms with Gasteiger partial charge in [-0.1, -0.05) is 6.58 Å². The number of pyridine rings is 2. The minimum atomic E-state index is -0.274. The molecule has 2 saturated carbocycles. The molecule has 4 aliphatic rings. The molecule has 8 heteroatoms. The van der Waals surface area contributed by atoms with Crippen molar-refractivity contribution in [2.75, 3.05) is 30.3 Å². The number of carbonyl (C=O) groups is 2. The summed E-state index contributed by atoms with van der Waals surface area (Å²) in [6, 6.07) is 6.24. The lowest BCUT2D eigenvalue weighted by atomic mass is 10.00. The van der Waals surface area contributed by atoms with Crippen LogP contribution in [0.1, 0.15) is 62.3 Å². The average Bonchev–Trinajstić information content (AvgIpc) is 3.82. The molecule has 188 valence electrons. The molecular formula is C28H33N5O3. The maximum absolute atomic E-state index is 13.2. The normalized spacial score (nSPS) is 24.1. The molecule has 4 fully saturated rings. The second kappa shape index (κ2) is 9.22. The van der Waals surface area contributed by atoms with Crippen LogP contribution < -0.4 is 10.6 Å². The molecule has 0 bridgehead atoms. The van der Waals surface area contributed by atoms with Crippen molar-refractivity contribution in [2.45, 2.75) is 63.0 Å². The van der Waals surface area contributed by atoms with Crippen LogP contribution in [0.5, 0.6) is 0 Å². The molecule has 2 N–H and O–H groups in total. The molecule has 0 spiro atoms. The number of cyclic esters (lactones) is 1. The van der Waals surface area contributed by atoms with E-state index in [1.165, 1.54) is 0 Å². The van der Waals surface area contributed by atoms with Crippen LogP contribution in [-0.2, 0) is 14.3 Å². The van der Waals surface area contributed by atoms with Crippen LogP contribution >= 0.6 is 0 Å². The van der Waals surface area contributed by atoms with E-state index in [4.69, 9.17) is 15.5 Å². The maximum atomic E-state index is 13.2. The van der Waals surface area contributed by atoms with E-state index in [1.807, 2.05) is 17.0 Å². The first kappa shape index (κ1) is 23.0. The van der Waals surface area contributed by atoms with Crippen molar-refractivity contribution in [1.29, 1.82) is 0 Å². The number of piperazine rings is 1. The second-order valence-electron chi connectivity index (χ2n) is 10.6. The van der Waals surface area contributed by atoms with Gasteiger partial charge >= 0.3 is 5.97 Å². The number of nitrogens with zero attached hydrogens (tertiary/aromatic N) is 4.